The number of hydrogen-bond acceptors (Lipinski definition) is 5. The number of anilines is 1. The Balaban J connectivity index is 2.31. The predicted molar refractivity (Wildman–Crippen MR) is 61.8 cm³/mol. The van der Waals surface area contributed by atoms with Gasteiger partial charge in [-0.3, -0.25) is 0 Å². The summed E-state index contributed by atoms with van der Waals surface area (Å²) in [7, 11) is 3.15. The van der Waals surface area contributed by atoms with Crippen molar-refractivity contribution in [3.8, 4) is 5.88 Å². The molecule has 0 aliphatic carbocycles. The Bertz CT molecular complexity index is 307. The van der Waals surface area contributed by atoms with Crippen molar-refractivity contribution in [3.63, 3.8) is 0 Å². The SMILES string of the molecule is COCC(O)CCNc1ccnc(OC)c1. The van der Waals surface area contributed by atoms with E-state index in [0.717, 1.165) is 5.69 Å². The molecule has 0 bridgehead atoms. The van der Waals surface area contributed by atoms with Crippen molar-refractivity contribution in [3.05, 3.63) is 18.3 Å². The highest BCUT2D eigenvalue weighted by Crippen LogP contribution is 2.13. The third-order valence-corrected chi connectivity index (χ3v) is 2.11. The molecule has 90 valence electrons. The molecule has 2 N–H and O–H groups in total. The van der Waals surface area contributed by atoms with Crippen LogP contribution < -0.4 is 10.1 Å². The van der Waals surface area contributed by atoms with Gasteiger partial charge in [-0.25, -0.2) is 4.98 Å². The van der Waals surface area contributed by atoms with Crippen LogP contribution in [0.3, 0.4) is 0 Å². The molecule has 0 saturated heterocycles. The standard InChI is InChI=1S/C11H18N2O3/c1-15-8-10(14)4-6-12-9-3-5-13-11(7-9)16-2/h3,5,7,10,14H,4,6,8H2,1-2H3,(H,12,13). The number of nitrogens with zero attached hydrogens (tertiary/aromatic N) is 1. The van der Waals surface area contributed by atoms with Crippen LogP contribution >= 0.6 is 0 Å². The largest absolute Gasteiger partial charge is 0.481 e. The molecule has 16 heavy (non-hydrogen) atoms. The van der Waals surface area contributed by atoms with E-state index in [0.29, 0.717) is 25.5 Å². The number of nitrogens with one attached hydrogen (secondary N) is 1. The molecule has 0 fully saturated rings. The molecule has 0 amide bonds. The lowest BCUT2D eigenvalue weighted by atomic mass is 10.2. The summed E-state index contributed by atoms with van der Waals surface area (Å²) in [5.41, 5.74) is 0.927. The third kappa shape index (κ3) is 4.46. The molecule has 1 aromatic rings. The molecule has 0 radical (unpaired) electrons. The maximum Gasteiger partial charge on any atom is 0.214 e. The van der Waals surface area contributed by atoms with E-state index in [4.69, 9.17) is 9.47 Å². The first-order chi connectivity index (χ1) is 7.76. The summed E-state index contributed by atoms with van der Waals surface area (Å²) < 4.78 is 9.84. The Hall–Kier alpha value is -1.33. The van der Waals surface area contributed by atoms with Gasteiger partial charge in [-0.1, -0.05) is 0 Å². The summed E-state index contributed by atoms with van der Waals surface area (Å²) in [5, 5.41) is 12.6. The highest BCUT2D eigenvalue weighted by molar-refractivity contribution is 5.44. The molecule has 0 aromatic carbocycles. The first-order valence-corrected chi connectivity index (χ1v) is 5.17. The lowest BCUT2D eigenvalue weighted by Crippen LogP contribution is -2.18. The fourth-order valence-corrected chi connectivity index (χ4v) is 1.29. The number of aliphatic hydroxyl groups excluding tert-OH is 1. The van der Waals surface area contributed by atoms with Crippen LogP contribution in [0.15, 0.2) is 18.3 Å². The van der Waals surface area contributed by atoms with Gasteiger partial charge in [-0.2, -0.15) is 0 Å². The minimum Gasteiger partial charge on any atom is -0.481 e. The van der Waals surface area contributed by atoms with E-state index in [1.807, 2.05) is 12.1 Å². The van der Waals surface area contributed by atoms with Crippen molar-refractivity contribution in [1.29, 1.82) is 0 Å². The van der Waals surface area contributed by atoms with Gasteiger partial charge in [-0.05, 0) is 12.5 Å². The number of hydrogen-bond donors (Lipinski definition) is 2. The van der Waals surface area contributed by atoms with E-state index in [9.17, 15) is 5.11 Å². The van der Waals surface area contributed by atoms with E-state index < -0.39 is 6.10 Å². The summed E-state index contributed by atoms with van der Waals surface area (Å²) in [5.74, 6) is 0.572. The van der Waals surface area contributed by atoms with Crippen molar-refractivity contribution in [1.82, 2.24) is 4.98 Å². The number of aromatic nitrogens is 1. The second-order valence-electron chi connectivity index (χ2n) is 3.41. The van der Waals surface area contributed by atoms with Crippen molar-refractivity contribution in [2.75, 3.05) is 32.7 Å². The molecular formula is C11H18N2O3. The van der Waals surface area contributed by atoms with Gasteiger partial charge < -0.3 is 19.9 Å². The molecule has 0 aliphatic heterocycles. The second-order valence-corrected chi connectivity index (χ2v) is 3.41. The van der Waals surface area contributed by atoms with Gasteiger partial charge in [0.1, 0.15) is 0 Å². The maximum atomic E-state index is 9.43. The maximum absolute atomic E-state index is 9.43. The van der Waals surface area contributed by atoms with Crippen LogP contribution in [0.4, 0.5) is 5.69 Å². The van der Waals surface area contributed by atoms with E-state index in [-0.39, 0.29) is 0 Å². The molecule has 0 saturated carbocycles. The summed E-state index contributed by atoms with van der Waals surface area (Å²) in [6.45, 7) is 1.04. The molecule has 1 aromatic heterocycles. The topological polar surface area (TPSA) is 63.6 Å². The van der Waals surface area contributed by atoms with Crippen LogP contribution in [-0.2, 0) is 4.74 Å². The van der Waals surface area contributed by atoms with Gasteiger partial charge >= 0.3 is 0 Å². The first kappa shape index (κ1) is 12.7. The quantitative estimate of drug-likeness (QED) is 0.723. The number of rotatable bonds is 7. The monoisotopic (exact) mass is 226 g/mol. The van der Waals surface area contributed by atoms with Crippen LogP contribution in [0, 0.1) is 0 Å². The molecule has 1 unspecified atom stereocenters. The van der Waals surface area contributed by atoms with Crippen LogP contribution in [0.25, 0.3) is 0 Å². The van der Waals surface area contributed by atoms with E-state index in [1.165, 1.54) is 0 Å². The molecule has 1 atom stereocenters. The summed E-state index contributed by atoms with van der Waals surface area (Å²) in [6, 6.07) is 3.66. The number of aliphatic hydroxyl groups is 1. The van der Waals surface area contributed by atoms with Gasteiger partial charge in [0.05, 0.1) is 19.8 Å². The molecular weight excluding hydrogens is 208 g/mol. The lowest BCUT2D eigenvalue weighted by molar-refractivity contribution is 0.0615. The number of methoxy groups -OCH3 is 2. The average molecular weight is 226 g/mol. The van der Waals surface area contributed by atoms with Crippen LogP contribution in [0.1, 0.15) is 6.42 Å². The van der Waals surface area contributed by atoms with Gasteiger partial charge in [0.25, 0.3) is 0 Å². The molecule has 1 rings (SSSR count). The lowest BCUT2D eigenvalue weighted by Gasteiger charge is -2.11. The van der Waals surface area contributed by atoms with Crippen LogP contribution in [-0.4, -0.2) is 43.6 Å². The minimum absolute atomic E-state index is 0.362. The zero-order valence-electron chi connectivity index (χ0n) is 9.64. The van der Waals surface area contributed by atoms with Crippen molar-refractivity contribution in [2.24, 2.45) is 0 Å². The van der Waals surface area contributed by atoms with Gasteiger partial charge in [0.15, 0.2) is 0 Å². The highest BCUT2D eigenvalue weighted by Gasteiger charge is 2.02. The zero-order valence-corrected chi connectivity index (χ0v) is 9.64. The molecule has 5 heteroatoms. The van der Waals surface area contributed by atoms with Crippen molar-refractivity contribution < 1.29 is 14.6 Å². The Kier molecular flexibility index (Phi) is 5.60. The van der Waals surface area contributed by atoms with Crippen LogP contribution in [0.5, 0.6) is 5.88 Å². The normalized spacial score (nSPS) is 12.2. The molecule has 0 aliphatic rings. The fraction of sp³-hybridized carbons (Fsp3) is 0.545. The van der Waals surface area contributed by atoms with E-state index >= 15 is 0 Å². The highest BCUT2D eigenvalue weighted by atomic mass is 16.5. The van der Waals surface area contributed by atoms with Gasteiger partial charge in [0, 0.05) is 31.6 Å². The number of pyridine rings is 1. The van der Waals surface area contributed by atoms with Crippen LogP contribution in [0.2, 0.25) is 0 Å². The Morgan fingerprint density at radius 3 is 3.00 bits per heavy atom. The second kappa shape index (κ2) is 7.03. The summed E-state index contributed by atoms with van der Waals surface area (Å²) >= 11 is 0. The molecule has 1 heterocycles. The molecule has 0 spiro atoms. The third-order valence-electron chi connectivity index (χ3n) is 2.11. The van der Waals surface area contributed by atoms with Crippen molar-refractivity contribution in [2.45, 2.75) is 12.5 Å². The van der Waals surface area contributed by atoms with E-state index in [1.54, 1.807) is 20.4 Å². The Morgan fingerprint density at radius 1 is 1.50 bits per heavy atom. The predicted octanol–water partition coefficient (Wildman–Crippen LogP) is 0.899. The Labute approximate surface area is 95.4 Å². The van der Waals surface area contributed by atoms with Gasteiger partial charge in [-0.15, -0.1) is 0 Å². The number of ether oxygens (including phenoxy) is 2. The zero-order chi connectivity index (χ0) is 11.8. The molecule has 5 nitrogen and oxygen atoms in total. The fourth-order valence-electron chi connectivity index (χ4n) is 1.29. The summed E-state index contributed by atoms with van der Waals surface area (Å²) in [6.07, 6.45) is 1.88. The smallest absolute Gasteiger partial charge is 0.214 e. The first-order valence-electron chi connectivity index (χ1n) is 5.17. The van der Waals surface area contributed by atoms with Crippen molar-refractivity contribution >= 4 is 5.69 Å². The van der Waals surface area contributed by atoms with E-state index in [2.05, 4.69) is 10.3 Å². The minimum atomic E-state index is -0.429. The summed E-state index contributed by atoms with van der Waals surface area (Å²) in [4.78, 5) is 4.00. The Morgan fingerprint density at radius 2 is 2.31 bits per heavy atom. The average Bonchev–Trinajstić information content (AvgIpc) is 2.30. The van der Waals surface area contributed by atoms with Gasteiger partial charge in [0.2, 0.25) is 5.88 Å².